The second-order valence-electron chi connectivity index (χ2n) is 7.13. The van der Waals surface area contributed by atoms with Gasteiger partial charge in [-0.2, -0.15) is 0 Å². The van der Waals surface area contributed by atoms with E-state index in [2.05, 4.69) is 14.5 Å². The number of aromatic nitrogens is 3. The lowest BCUT2D eigenvalue weighted by atomic mass is 10.1. The number of aryl methyl sites for hydroxylation is 1. The van der Waals surface area contributed by atoms with Crippen LogP contribution in [0.3, 0.4) is 0 Å². The van der Waals surface area contributed by atoms with E-state index in [4.69, 9.17) is 9.47 Å². The quantitative estimate of drug-likeness (QED) is 0.265. The van der Waals surface area contributed by atoms with Crippen molar-refractivity contribution in [1.29, 1.82) is 0 Å². The normalized spacial score (nSPS) is 11.5. The van der Waals surface area contributed by atoms with Gasteiger partial charge in [0.05, 0.1) is 31.2 Å². The highest BCUT2D eigenvalue weighted by atomic mass is 32.1. The van der Waals surface area contributed by atoms with Gasteiger partial charge >= 0.3 is 0 Å². The number of benzene rings is 2. The molecule has 10 heteroatoms. The Morgan fingerprint density at radius 3 is 2.73 bits per heavy atom. The molecule has 4 aromatic rings. The Bertz CT molecular complexity index is 1310. The maximum atomic E-state index is 11.5. The van der Waals surface area contributed by atoms with Gasteiger partial charge in [-0.25, -0.2) is 9.98 Å². The topological polar surface area (TPSA) is 96.7 Å². The van der Waals surface area contributed by atoms with Crippen molar-refractivity contribution < 1.29 is 14.4 Å². The van der Waals surface area contributed by atoms with Crippen LogP contribution in [0.25, 0.3) is 11.3 Å². The second kappa shape index (κ2) is 10.1. The van der Waals surface area contributed by atoms with E-state index in [1.165, 1.54) is 17.4 Å². The summed E-state index contributed by atoms with van der Waals surface area (Å²) in [6.45, 7) is 1.44. The molecular formula is C23H23N5O4S. The average Bonchev–Trinajstić information content (AvgIpc) is 3.49. The Balaban J connectivity index is 1.79. The van der Waals surface area contributed by atoms with Crippen molar-refractivity contribution in [3.05, 3.63) is 81.5 Å². The van der Waals surface area contributed by atoms with Crippen molar-refractivity contribution in [3.8, 4) is 22.8 Å². The van der Waals surface area contributed by atoms with Crippen LogP contribution in [-0.4, -0.2) is 33.3 Å². The molecule has 2 heterocycles. The van der Waals surface area contributed by atoms with Crippen molar-refractivity contribution in [2.75, 3.05) is 14.2 Å². The Kier molecular flexibility index (Phi) is 6.84. The van der Waals surface area contributed by atoms with Gasteiger partial charge in [0.2, 0.25) is 0 Å². The molecule has 0 unspecified atom stereocenters. The zero-order valence-electron chi connectivity index (χ0n) is 18.2. The molecule has 0 fully saturated rings. The van der Waals surface area contributed by atoms with Gasteiger partial charge < -0.3 is 18.6 Å². The van der Waals surface area contributed by atoms with E-state index < -0.39 is 4.92 Å². The molecule has 9 nitrogen and oxygen atoms in total. The predicted molar refractivity (Wildman–Crippen MR) is 126 cm³/mol. The Labute approximate surface area is 194 Å². The van der Waals surface area contributed by atoms with E-state index >= 15 is 0 Å². The van der Waals surface area contributed by atoms with E-state index in [1.807, 2.05) is 34.3 Å². The number of nitrogens with zero attached hydrogens (tertiary/aromatic N) is 5. The van der Waals surface area contributed by atoms with Crippen LogP contribution < -0.4 is 14.3 Å². The fourth-order valence-electron chi connectivity index (χ4n) is 3.51. The maximum Gasteiger partial charge on any atom is 0.294 e. The molecule has 0 radical (unpaired) electrons. The van der Waals surface area contributed by atoms with Gasteiger partial charge in [0.25, 0.3) is 5.69 Å². The van der Waals surface area contributed by atoms with Crippen LogP contribution >= 0.6 is 11.3 Å². The highest BCUT2D eigenvalue weighted by molar-refractivity contribution is 7.07. The van der Waals surface area contributed by atoms with Gasteiger partial charge in [-0.05, 0) is 24.6 Å². The summed E-state index contributed by atoms with van der Waals surface area (Å²) < 4.78 is 15.0. The van der Waals surface area contributed by atoms with E-state index in [-0.39, 0.29) is 5.69 Å². The first kappa shape index (κ1) is 22.3. The van der Waals surface area contributed by atoms with Crippen LogP contribution in [0.1, 0.15) is 6.42 Å². The van der Waals surface area contributed by atoms with Gasteiger partial charge in [-0.1, -0.05) is 12.1 Å². The van der Waals surface area contributed by atoms with Gasteiger partial charge in [0.15, 0.2) is 4.80 Å². The number of hydrogen-bond donors (Lipinski definition) is 0. The molecule has 0 saturated carbocycles. The minimum atomic E-state index is -0.413. The molecule has 170 valence electrons. The number of thiazole rings is 1. The first-order chi connectivity index (χ1) is 16.1. The van der Waals surface area contributed by atoms with Crippen LogP contribution in [-0.2, 0) is 13.1 Å². The van der Waals surface area contributed by atoms with Gasteiger partial charge in [-0.3, -0.25) is 10.1 Å². The largest absolute Gasteiger partial charge is 0.497 e. The number of imidazole rings is 1. The van der Waals surface area contributed by atoms with E-state index in [0.717, 1.165) is 24.2 Å². The van der Waals surface area contributed by atoms with Crippen molar-refractivity contribution in [3.63, 3.8) is 0 Å². The van der Waals surface area contributed by atoms with E-state index in [1.54, 1.807) is 44.9 Å². The highest BCUT2D eigenvalue weighted by Crippen LogP contribution is 2.34. The van der Waals surface area contributed by atoms with Crippen LogP contribution in [0.4, 0.5) is 11.4 Å². The molecule has 0 atom stereocenters. The second-order valence-corrected chi connectivity index (χ2v) is 7.97. The molecular weight excluding hydrogens is 442 g/mol. The molecule has 0 aliphatic heterocycles. The molecule has 33 heavy (non-hydrogen) atoms. The standard InChI is InChI=1S/C23H23N5O4S/c1-31-17-8-9-18(22(14-17)32-2)21-15-33-23(25-19-6-3-4-7-20(19)28(29)30)27(21)12-5-11-26-13-10-24-16-26/h3-4,6-10,13-16H,5,11-12H2,1-2H3. The van der Waals surface area contributed by atoms with Crippen LogP contribution in [0.15, 0.2) is 71.6 Å². The Morgan fingerprint density at radius 1 is 1.15 bits per heavy atom. The summed E-state index contributed by atoms with van der Waals surface area (Å²) in [6.07, 6.45) is 6.28. The summed E-state index contributed by atoms with van der Waals surface area (Å²) in [7, 11) is 3.23. The number of nitro groups is 1. The number of hydrogen-bond acceptors (Lipinski definition) is 7. The smallest absolute Gasteiger partial charge is 0.294 e. The summed E-state index contributed by atoms with van der Waals surface area (Å²) >= 11 is 1.43. The lowest BCUT2D eigenvalue weighted by Gasteiger charge is -2.13. The minimum absolute atomic E-state index is 0.0283. The molecule has 0 amide bonds. The number of para-hydroxylation sites is 2. The molecule has 0 N–H and O–H groups in total. The first-order valence-corrected chi connectivity index (χ1v) is 11.1. The molecule has 0 spiro atoms. The Morgan fingerprint density at radius 2 is 2.00 bits per heavy atom. The van der Waals surface area contributed by atoms with E-state index in [0.29, 0.717) is 28.5 Å². The molecule has 2 aromatic heterocycles. The maximum absolute atomic E-state index is 11.5. The van der Waals surface area contributed by atoms with Crippen LogP contribution in [0.5, 0.6) is 11.5 Å². The van der Waals surface area contributed by atoms with Gasteiger partial charge in [-0.15, -0.1) is 11.3 Å². The number of rotatable bonds is 9. The molecule has 0 saturated heterocycles. The Hall–Kier alpha value is -3.92. The van der Waals surface area contributed by atoms with Crippen molar-refractivity contribution in [1.82, 2.24) is 14.1 Å². The van der Waals surface area contributed by atoms with Gasteiger partial charge in [0, 0.05) is 48.6 Å². The lowest BCUT2D eigenvalue weighted by molar-refractivity contribution is -0.384. The van der Waals surface area contributed by atoms with E-state index in [9.17, 15) is 10.1 Å². The third-order valence-corrected chi connectivity index (χ3v) is 6.00. The summed E-state index contributed by atoms with van der Waals surface area (Å²) in [6, 6.07) is 12.2. The number of ether oxygens (including phenoxy) is 2. The first-order valence-electron chi connectivity index (χ1n) is 10.3. The molecule has 0 aliphatic rings. The average molecular weight is 466 g/mol. The SMILES string of the molecule is COc1ccc(-c2csc(=Nc3ccccc3[N+](=O)[O-])n2CCCn2ccnc2)c(OC)c1. The fraction of sp³-hybridized carbons (Fsp3) is 0.217. The number of methoxy groups -OCH3 is 2. The summed E-state index contributed by atoms with van der Waals surface area (Å²) in [5.41, 5.74) is 2.10. The van der Waals surface area contributed by atoms with Crippen molar-refractivity contribution in [2.45, 2.75) is 19.5 Å². The molecule has 0 bridgehead atoms. The highest BCUT2D eigenvalue weighted by Gasteiger charge is 2.16. The zero-order valence-corrected chi connectivity index (χ0v) is 19.1. The van der Waals surface area contributed by atoms with Crippen molar-refractivity contribution in [2.24, 2.45) is 4.99 Å². The minimum Gasteiger partial charge on any atom is -0.497 e. The fourth-order valence-corrected chi connectivity index (χ4v) is 4.45. The van der Waals surface area contributed by atoms with Crippen molar-refractivity contribution >= 4 is 22.7 Å². The summed E-state index contributed by atoms with van der Waals surface area (Å²) in [5.74, 6) is 1.37. The van der Waals surface area contributed by atoms with Crippen LogP contribution in [0, 0.1) is 10.1 Å². The number of nitro benzene ring substituents is 1. The molecule has 4 rings (SSSR count). The zero-order chi connectivity index (χ0) is 23.2. The summed E-state index contributed by atoms with van der Waals surface area (Å²) in [5, 5.41) is 13.5. The molecule has 2 aromatic carbocycles. The monoisotopic (exact) mass is 465 g/mol. The summed E-state index contributed by atoms with van der Waals surface area (Å²) in [4.78, 5) is 20.5. The third kappa shape index (κ3) is 4.96. The third-order valence-electron chi connectivity index (χ3n) is 5.13. The van der Waals surface area contributed by atoms with Crippen LogP contribution in [0.2, 0.25) is 0 Å². The lowest BCUT2D eigenvalue weighted by Crippen LogP contribution is -2.17. The molecule has 0 aliphatic carbocycles. The predicted octanol–water partition coefficient (Wildman–Crippen LogP) is 4.66. The van der Waals surface area contributed by atoms with Gasteiger partial charge in [0.1, 0.15) is 17.2 Å².